The third-order valence-electron chi connectivity index (χ3n) is 2.64. The van der Waals surface area contributed by atoms with E-state index in [1.807, 2.05) is 0 Å². The van der Waals surface area contributed by atoms with Gasteiger partial charge in [0.2, 0.25) is 0 Å². The van der Waals surface area contributed by atoms with Gasteiger partial charge in [0, 0.05) is 0 Å². The van der Waals surface area contributed by atoms with Gasteiger partial charge in [-0.05, 0) is 42.2 Å². The standard InChI is InChI=1S/C15H15/c1-3-13-6-10-15(11-7-13)14-8-4-12(2)5-9-14/h4-6,8-11H,3H2,1-2H3. The van der Waals surface area contributed by atoms with Crippen LogP contribution in [-0.2, 0) is 6.42 Å². The summed E-state index contributed by atoms with van der Waals surface area (Å²) in [6, 6.07) is 18.3. The fourth-order valence-electron chi connectivity index (χ4n) is 1.60. The van der Waals surface area contributed by atoms with Gasteiger partial charge in [0.15, 0.2) is 0 Å². The number of benzene rings is 2. The van der Waals surface area contributed by atoms with E-state index in [4.69, 9.17) is 0 Å². The quantitative estimate of drug-likeness (QED) is 0.678. The number of rotatable bonds is 2. The summed E-state index contributed by atoms with van der Waals surface area (Å²) in [6.45, 7) is 4.26. The Morgan fingerprint density at radius 1 is 0.933 bits per heavy atom. The topological polar surface area (TPSA) is 0 Å². The predicted octanol–water partition coefficient (Wildman–Crippen LogP) is 4.02. The molecule has 0 saturated heterocycles. The second-order valence-corrected chi connectivity index (χ2v) is 3.82. The van der Waals surface area contributed by atoms with Crippen molar-refractivity contribution in [2.45, 2.75) is 20.3 Å². The summed E-state index contributed by atoms with van der Waals surface area (Å²) in [6.07, 6.45) is 1.05. The lowest BCUT2D eigenvalue weighted by molar-refractivity contribution is 1.14. The van der Waals surface area contributed by atoms with E-state index >= 15 is 0 Å². The monoisotopic (exact) mass is 195 g/mol. The Morgan fingerprint density at radius 2 is 1.60 bits per heavy atom. The normalized spacial score (nSPS) is 10.3. The van der Waals surface area contributed by atoms with Crippen LogP contribution in [0.15, 0.2) is 42.5 Å². The second-order valence-electron chi connectivity index (χ2n) is 3.82. The highest BCUT2D eigenvalue weighted by Crippen LogP contribution is 2.19. The maximum atomic E-state index is 3.30. The van der Waals surface area contributed by atoms with Crippen LogP contribution in [0.4, 0.5) is 0 Å². The van der Waals surface area contributed by atoms with Crippen molar-refractivity contribution < 1.29 is 0 Å². The smallest absolute Gasteiger partial charge is 0.0143 e. The van der Waals surface area contributed by atoms with Gasteiger partial charge in [-0.3, -0.25) is 0 Å². The van der Waals surface area contributed by atoms with Crippen molar-refractivity contribution in [3.8, 4) is 11.1 Å². The first-order chi connectivity index (χ1) is 7.29. The van der Waals surface area contributed by atoms with E-state index in [9.17, 15) is 0 Å². The predicted molar refractivity (Wildman–Crippen MR) is 64.8 cm³/mol. The van der Waals surface area contributed by atoms with Gasteiger partial charge in [0.1, 0.15) is 0 Å². The van der Waals surface area contributed by atoms with Crippen LogP contribution in [0.3, 0.4) is 0 Å². The van der Waals surface area contributed by atoms with E-state index in [0.717, 1.165) is 6.42 Å². The highest BCUT2D eigenvalue weighted by atomic mass is 14.0. The molecule has 0 amide bonds. The van der Waals surface area contributed by atoms with Crippen LogP contribution in [0, 0.1) is 13.0 Å². The minimum atomic E-state index is 1.05. The van der Waals surface area contributed by atoms with Crippen LogP contribution >= 0.6 is 0 Å². The molecule has 0 heteroatoms. The zero-order valence-electron chi connectivity index (χ0n) is 9.25. The Bertz CT molecular complexity index is 421. The zero-order chi connectivity index (χ0) is 10.7. The molecular weight excluding hydrogens is 180 g/mol. The van der Waals surface area contributed by atoms with Gasteiger partial charge in [0.05, 0.1) is 0 Å². The van der Waals surface area contributed by atoms with E-state index in [1.165, 1.54) is 22.3 Å². The molecule has 0 saturated carbocycles. The van der Waals surface area contributed by atoms with Crippen LogP contribution < -0.4 is 0 Å². The molecule has 15 heavy (non-hydrogen) atoms. The molecule has 0 bridgehead atoms. The lowest BCUT2D eigenvalue weighted by atomic mass is 10.0. The third kappa shape index (κ3) is 2.27. The summed E-state index contributed by atoms with van der Waals surface area (Å²) in [4.78, 5) is 0. The van der Waals surface area contributed by atoms with E-state index in [0.29, 0.717) is 0 Å². The van der Waals surface area contributed by atoms with E-state index in [-0.39, 0.29) is 0 Å². The van der Waals surface area contributed by atoms with E-state index in [2.05, 4.69) is 62.4 Å². The SMILES string of the molecule is CCc1[c]cc(-c2ccc(C)cc2)cc1. The minimum Gasteiger partial charge on any atom is -0.0613 e. The summed E-state index contributed by atoms with van der Waals surface area (Å²) < 4.78 is 0. The number of hydrogen-bond acceptors (Lipinski definition) is 0. The maximum Gasteiger partial charge on any atom is -0.0143 e. The molecule has 2 rings (SSSR count). The molecule has 0 unspecified atom stereocenters. The summed E-state index contributed by atoms with van der Waals surface area (Å²) in [7, 11) is 0. The van der Waals surface area contributed by atoms with Crippen molar-refractivity contribution in [3.05, 3.63) is 59.7 Å². The Morgan fingerprint density at radius 3 is 2.13 bits per heavy atom. The van der Waals surface area contributed by atoms with Crippen molar-refractivity contribution in [1.29, 1.82) is 0 Å². The summed E-state index contributed by atoms with van der Waals surface area (Å²) in [5.41, 5.74) is 5.07. The molecule has 0 spiro atoms. The molecule has 0 fully saturated rings. The first-order valence-corrected chi connectivity index (χ1v) is 5.37. The molecule has 75 valence electrons. The average Bonchev–Trinajstić information content (AvgIpc) is 2.30. The number of hydrogen-bond donors (Lipinski definition) is 0. The number of aryl methyl sites for hydroxylation is 2. The molecule has 2 aromatic rings. The summed E-state index contributed by atoms with van der Waals surface area (Å²) in [5.74, 6) is 0. The first kappa shape index (κ1) is 9.97. The van der Waals surface area contributed by atoms with E-state index < -0.39 is 0 Å². The lowest BCUT2D eigenvalue weighted by Gasteiger charge is -2.03. The van der Waals surface area contributed by atoms with Gasteiger partial charge in [-0.2, -0.15) is 0 Å². The van der Waals surface area contributed by atoms with Crippen molar-refractivity contribution in [2.75, 3.05) is 0 Å². The molecule has 0 aliphatic heterocycles. The lowest BCUT2D eigenvalue weighted by Crippen LogP contribution is -1.82. The molecule has 0 N–H and O–H groups in total. The van der Waals surface area contributed by atoms with Crippen molar-refractivity contribution >= 4 is 0 Å². The van der Waals surface area contributed by atoms with Crippen LogP contribution in [0.2, 0.25) is 0 Å². The Balaban J connectivity index is 2.33. The molecule has 0 heterocycles. The first-order valence-electron chi connectivity index (χ1n) is 5.37. The van der Waals surface area contributed by atoms with Gasteiger partial charge in [-0.15, -0.1) is 0 Å². The fourth-order valence-corrected chi connectivity index (χ4v) is 1.60. The maximum absolute atomic E-state index is 3.30. The van der Waals surface area contributed by atoms with Crippen LogP contribution in [0.1, 0.15) is 18.1 Å². The second kappa shape index (κ2) is 4.31. The molecular formula is C15H15. The van der Waals surface area contributed by atoms with Crippen molar-refractivity contribution in [3.63, 3.8) is 0 Å². The molecule has 1 radical (unpaired) electrons. The highest BCUT2D eigenvalue weighted by molar-refractivity contribution is 5.63. The van der Waals surface area contributed by atoms with Crippen LogP contribution in [0.5, 0.6) is 0 Å². The minimum absolute atomic E-state index is 1.05. The Hall–Kier alpha value is -1.56. The Labute approximate surface area is 91.6 Å². The highest BCUT2D eigenvalue weighted by Gasteiger charge is 1.96. The largest absolute Gasteiger partial charge is 0.0613 e. The van der Waals surface area contributed by atoms with E-state index in [1.54, 1.807) is 0 Å². The van der Waals surface area contributed by atoms with Gasteiger partial charge in [-0.25, -0.2) is 0 Å². The molecule has 0 aliphatic carbocycles. The Kier molecular flexibility index (Phi) is 2.86. The average molecular weight is 195 g/mol. The summed E-state index contributed by atoms with van der Waals surface area (Å²) in [5, 5.41) is 0. The van der Waals surface area contributed by atoms with Gasteiger partial charge < -0.3 is 0 Å². The van der Waals surface area contributed by atoms with Crippen molar-refractivity contribution in [2.24, 2.45) is 0 Å². The molecule has 2 aromatic carbocycles. The zero-order valence-corrected chi connectivity index (χ0v) is 9.25. The van der Waals surface area contributed by atoms with Crippen LogP contribution in [0.25, 0.3) is 11.1 Å². The van der Waals surface area contributed by atoms with Crippen LogP contribution in [-0.4, -0.2) is 0 Å². The molecule has 0 aromatic heterocycles. The molecule has 0 aliphatic rings. The molecule has 0 nitrogen and oxygen atoms in total. The summed E-state index contributed by atoms with van der Waals surface area (Å²) >= 11 is 0. The van der Waals surface area contributed by atoms with Crippen molar-refractivity contribution in [1.82, 2.24) is 0 Å². The van der Waals surface area contributed by atoms with Gasteiger partial charge in [-0.1, -0.05) is 48.9 Å². The van der Waals surface area contributed by atoms with Gasteiger partial charge >= 0.3 is 0 Å². The molecule has 0 atom stereocenters. The fraction of sp³-hybridized carbons (Fsp3) is 0.200. The third-order valence-corrected chi connectivity index (χ3v) is 2.64. The van der Waals surface area contributed by atoms with Gasteiger partial charge in [0.25, 0.3) is 0 Å².